The second kappa shape index (κ2) is 10.9. The van der Waals surface area contributed by atoms with Gasteiger partial charge in [-0.2, -0.15) is 18.3 Å². The van der Waals surface area contributed by atoms with Crippen LogP contribution in [-0.4, -0.2) is 55.6 Å². The van der Waals surface area contributed by atoms with Crippen LogP contribution in [0.4, 0.5) is 13.2 Å². The van der Waals surface area contributed by atoms with Gasteiger partial charge in [-0.05, 0) is 35.7 Å². The van der Waals surface area contributed by atoms with Crippen LogP contribution in [0.1, 0.15) is 36.4 Å². The first-order chi connectivity index (χ1) is 16.6. The molecule has 5 rings (SSSR count). The molecule has 1 saturated carbocycles. The minimum absolute atomic E-state index is 0. The lowest BCUT2D eigenvalue weighted by molar-refractivity contribution is -0.578. The summed E-state index contributed by atoms with van der Waals surface area (Å²) in [5, 5.41) is 33.6. The SMILES string of the molecule is C.O=C(NC1CCCC1O)c1cc(-c2c[nH][n+]3cc(-c4cn[nH]c4)cnc23)cs1.O=C([O-])C(F)(F)F. The molecule has 1 aliphatic rings. The van der Waals surface area contributed by atoms with Crippen LogP contribution in [0.25, 0.3) is 27.9 Å². The highest BCUT2D eigenvalue weighted by molar-refractivity contribution is 7.12. The van der Waals surface area contributed by atoms with Gasteiger partial charge in [0.1, 0.15) is 12.2 Å². The lowest BCUT2D eigenvalue weighted by Crippen LogP contribution is -2.39. The van der Waals surface area contributed by atoms with Gasteiger partial charge in [0.15, 0.2) is 6.20 Å². The standard InChI is InChI=1S/C19H18N6O2S.C2HF3O2.CH4/c26-16-3-1-2-15(16)24-19(27)17-4-11(10-28-17)14-8-23-25-9-13(5-20-18(14)25)12-6-21-22-7-12;3-2(4,5)1(6)7;/h4-10,15-16,26H,1-3H2,(H2,21,22,24,27);(H,6,7);1H4. The van der Waals surface area contributed by atoms with Crippen molar-refractivity contribution in [2.24, 2.45) is 0 Å². The van der Waals surface area contributed by atoms with E-state index in [1.807, 2.05) is 34.6 Å². The average molecular weight is 525 g/mol. The van der Waals surface area contributed by atoms with Gasteiger partial charge in [0, 0.05) is 17.3 Å². The van der Waals surface area contributed by atoms with Crippen LogP contribution in [0.15, 0.2) is 42.4 Å². The number of carboxylic acids is 1. The van der Waals surface area contributed by atoms with Gasteiger partial charge in [0.25, 0.3) is 5.91 Å². The number of aliphatic hydroxyl groups excluding tert-OH is 1. The lowest BCUT2D eigenvalue weighted by atomic mass is 10.1. The molecule has 0 aromatic carbocycles. The van der Waals surface area contributed by atoms with E-state index in [2.05, 4.69) is 25.6 Å². The fourth-order valence-corrected chi connectivity index (χ4v) is 4.45. The van der Waals surface area contributed by atoms with E-state index < -0.39 is 18.2 Å². The summed E-state index contributed by atoms with van der Waals surface area (Å²) in [6.45, 7) is 0. The molecule has 0 radical (unpaired) electrons. The Morgan fingerprint density at radius 2 is 1.94 bits per heavy atom. The van der Waals surface area contributed by atoms with E-state index in [1.165, 1.54) is 11.3 Å². The monoisotopic (exact) mass is 524 g/mol. The van der Waals surface area contributed by atoms with Gasteiger partial charge in [0.2, 0.25) is 0 Å². The topological polar surface area (TPSA) is 151 Å². The fraction of sp³-hybridized carbons (Fsp3) is 0.318. The van der Waals surface area contributed by atoms with Crippen molar-refractivity contribution in [1.29, 1.82) is 0 Å². The Bertz CT molecular complexity index is 1340. The second-order valence-electron chi connectivity index (χ2n) is 7.77. The molecule has 1 fully saturated rings. The Labute approximate surface area is 206 Å². The van der Waals surface area contributed by atoms with Gasteiger partial charge in [0.05, 0.1) is 40.5 Å². The van der Waals surface area contributed by atoms with E-state index in [4.69, 9.17) is 9.90 Å². The number of aromatic nitrogens is 5. The first kappa shape index (κ1) is 26.8. The number of rotatable bonds is 4. The van der Waals surface area contributed by atoms with Crippen LogP contribution in [0.2, 0.25) is 0 Å². The van der Waals surface area contributed by atoms with Gasteiger partial charge < -0.3 is 20.3 Å². The van der Waals surface area contributed by atoms with E-state index in [0.717, 1.165) is 47.2 Å². The zero-order valence-corrected chi connectivity index (χ0v) is 18.7. The van der Waals surface area contributed by atoms with Crippen LogP contribution in [-0.2, 0) is 4.79 Å². The Morgan fingerprint density at radius 3 is 2.56 bits per heavy atom. The zero-order valence-electron chi connectivity index (χ0n) is 17.9. The lowest BCUT2D eigenvalue weighted by Gasteiger charge is -2.15. The summed E-state index contributed by atoms with van der Waals surface area (Å²) in [6.07, 6.45) is 6.09. The molecule has 10 nitrogen and oxygen atoms in total. The minimum Gasteiger partial charge on any atom is -0.542 e. The number of aliphatic carboxylic acids is 1. The summed E-state index contributed by atoms with van der Waals surface area (Å²) in [4.78, 5) is 26.5. The number of nitrogens with zero attached hydrogens (tertiary/aromatic N) is 3. The number of halogens is 3. The highest BCUT2D eigenvalue weighted by atomic mass is 32.1. The number of fused-ring (bicyclic) bond motifs is 1. The van der Waals surface area contributed by atoms with Crippen molar-refractivity contribution >= 4 is 28.9 Å². The number of carbonyl (C=O) groups excluding carboxylic acids is 2. The average Bonchev–Trinajstić information content (AvgIpc) is 3.60. The molecular formula is C22H23F3N6O4S. The van der Waals surface area contributed by atoms with E-state index in [-0.39, 0.29) is 19.4 Å². The molecule has 1 amide bonds. The third kappa shape index (κ3) is 5.88. The van der Waals surface area contributed by atoms with Crippen molar-refractivity contribution in [2.75, 3.05) is 0 Å². The van der Waals surface area contributed by atoms with E-state index in [9.17, 15) is 23.1 Å². The third-order valence-corrected chi connectivity index (χ3v) is 6.33. The number of aliphatic hydroxyl groups is 1. The van der Waals surface area contributed by atoms with Crippen molar-refractivity contribution in [1.82, 2.24) is 25.6 Å². The number of nitrogens with one attached hydrogen (secondary N) is 3. The summed E-state index contributed by atoms with van der Waals surface area (Å²) in [7, 11) is 0. The molecule has 4 heterocycles. The number of hydrogen-bond acceptors (Lipinski definition) is 7. The number of H-pyrrole nitrogens is 2. The second-order valence-corrected chi connectivity index (χ2v) is 8.68. The van der Waals surface area contributed by atoms with Crippen LogP contribution in [0.5, 0.6) is 0 Å². The molecule has 192 valence electrons. The van der Waals surface area contributed by atoms with Crippen molar-refractivity contribution in [3.8, 4) is 22.3 Å². The Morgan fingerprint density at radius 1 is 1.19 bits per heavy atom. The summed E-state index contributed by atoms with van der Waals surface area (Å²) in [6, 6.07) is 1.72. The van der Waals surface area contributed by atoms with Crippen molar-refractivity contribution in [3.05, 3.63) is 47.3 Å². The number of carboxylic acid groups (broad SMARTS) is 1. The van der Waals surface area contributed by atoms with Gasteiger partial charge in [-0.3, -0.25) is 9.89 Å². The number of hydrogen-bond donors (Lipinski definition) is 4. The van der Waals surface area contributed by atoms with Crippen LogP contribution in [0.3, 0.4) is 0 Å². The third-order valence-electron chi connectivity index (χ3n) is 5.40. The molecule has 2 atom stereocenters. The zero-order chi connectivity index (χ0) is 25.2. The van der Waals surface area contributed by atoms with Crippen LogP contribution >= 0.6 is 11.3 Å². The fourth-order valence-electron chi connectivity index (χ4n) is 3.64. The maximum atomic E-state index is 12.5. The van der Waals surface area contributed by atoms with Gasteiger partial charge in [-0.15, -0.1) is 15.9 Å². The molecule has 0 bridgehead atoms. The summed E-state index contributed by atoms with van der Waals surface area (Å²) < 4.78 is 33.4. The van der Waals surface area contributed by atoms with Crippen molar-refractivity contribution in [2.45, 2.75) is 45.0 Å². The van der Waals surface area contributed by atoms with E-state index >= 15 is 0 Å². The van der Waals surface area contributed by atoms with Crippen LogP contribution in [0, 0.1) is 0 Å². The van der Waals surface area contributed by atoms with Gasteiger partial charge in [-0.25, -0.2) is 5.10 Å². The Balaban J connectivity index is 0.000000400. The largest absolute Gasteiger partial charge is 0.542 e. The molecule has 4 N–H and O–H groups in total. The molecule has 4 aromatic rings. The smallest absolute Gasteiger partial charge is 0.430 e. The molecule has 36 heavy (non-hydrogen) atoms. The van der Waals surface area contributed by atoms with Crippen molar-refractivity contribution in [3.63, 3.8) is 0 Å². The normalized spacial score (nSPS) is 17.2. The molecule has 4 aromatic heterocycles. The predicted molar refractivity (Wildman–Crippen MR) is 122 cm³/mol. The number of alkyl halides is 3. The van der Waals surface area contributed by atoms with E-state index in [1.54, 1.807) is 12.4 Å². The maximum absolute atomic E-state index is 12.5. The van der Waals surface area contributed by atoms with Gasteiger partial charge in [-0.1, -0.05) is 7.43 Å². The molecule has 0 aliphatic heterocycles. The van der Waals surface area contributed by atoms with Gasteiger partial charge >= 0.3 is 11.8 Å². The summed E-state index contributed by atoms with van der Waals surface area (Å²) in [5.41, 5.74) is 4.55. The molecule has 0 spiro atoms. The highest BCUT2D eigenvalue weighted by Crippen LogP contribution is 2.28. The summed E-state index contributed by atoms with van der Waals surface area (Å²) >= 11 is 1.39. The molecule has 0 saturated heterocycles. The quantitative estimate of drug-likeness (QED) is 0.299. The maximum Gasteiger partial charge on any atom is 0.430 e. The Hall–Kier alpha value is -3.78. The molecule has 1 aliphatic carbocycles. The predicted octanol–water partition coefficient (Wildman–Crippen LogP) is 1.84. The molecular weight excluding hydrogens is 501 g/mol. The number of thiophene rings is 1. The number of aromatic amines is 2. The van der Waals surface area contributed by atoms with E-state index in [0.29, 0.717) is 4.88 Å². The van der Waals surface area contributed by atoms with Crippen LogP contribution < -0.4 is 14.9 Å². The van der Waals surface area contributed by atoms with Crippen molar-refractivity contribution < 1.29 is 37.5 Å². The highest BCUT2D eigenvalue weighted by Gasteiger charge is 2.29. The summed E-state index contributed by atoms with van der Waals surface area (Å²) in [5.74, 6) is -3.14. The molecule has 14 heteroatoms. The number of amides is 1. The molecule has 2 unspecified atom stereocenters. The minimum atomic E-state index is -5.19. The first-order valence-corrected chi connectivity index (χ1v) is 11.3. The first-order valence-electron chi connectivity index (χ1n) is 10.4. The number of carbonyl (C=O) groups is 2. The Kier molecular flexibility index (Phi) is 8.10.